The predicted octanol–water partition coefficient (Wildman–Crippen LogP) is 1.08. The van der Waals surface area contributed by atoms with Crippen LogP contribution in [0.25, 0.3) is 0 Å². The second-order valence-electron chi connectivity index (χ2n) is 6.53. The Hall–Kier alpha value is -1.59. The van der Waals surface area contributed by atoms with Gasteiger partial charge in [-0.3, -0.25) is 14.8 Å². The van der Waals surface area contributed by atoms with E-state index in [0.717, 1.165) is 25.6 Å². The Balaban J connectivity index is 1.60. The second-order valence-corrected chi connectivity index (χ2v) is 6.53. The van der Waals surface area contributed by atoms with E-state index in [4.69, 9.17) is 4.99 Å². The number of guanidine groups is 1. The van der Waals surface area contributed by atoms with Gasteiger partial charge >= 0.3 is 0 Å². The molecule has 5 heteroatoms. The van der Waals surface area contributed by atoms with E-state index >= 15 is 0 Å². The number of benzene rings is 1. The minimum absolute atomic E-state index is 0.580. The lowest BCUT2D eigenvalue weighted by molar-refractivity contribution is 0.0173. The van der Waals surface area contributed by atoms with Crippen molar-refractivity contribution in [3.8, 4) is 0 Å². The lowest BCUT2D eigenvalue weighted by Crippen LogP contribution is -2.62. The van der Waals surface area contributed by atoms with Crippen LogP contribution in [0, 0.1) is 0 Å². The van der Waals surface area contributed by atoms with E-state index in [0.29, 0.717) is 6.04 Å². The van der Waals surface area contributed by atoms with E-state index < -0.39 is 0 Å². The van der Waals surface area contributed by atoms with Crippen LogP contribution in [0.1, 0.15) is 12.5 Å². The first-order valence-electron chi connectivity index (χ1n) is 8.76. The normalized spacial score (nSPS) is 27.0. The molecule has 0 aromatic heterocycles. The van der Waals surface area contributed by atoms with Crippen LogP contribution < -0.4 is 5.32 Å². The summed E-state index contributed by atoms with van der Waals surface area (Å²) in [4.78, 5) is 12.3. The Morgan fingerprint density at radius 3 is 2.57 bits per heavy atom. The van der Waals surface area contributed by atoms with Crippen LogP contribution in [-0.4, -0.2) is 79.6 Å². The van der Waals surface area contributed by atoms with Gasteiger partial charge in [-0.1, -0.05) is 30.3 Å². The Morgan fingerprint density at radius 2 is 1.96 bits per heavy atom. The van der Waals surface area contributed by atoms with Gasteiger partial charge in [0, 0.05) is 58.9 Å². The standard InChI is InChI=1S/C18H29N5/c1-3-19-18(21(2)14-16-7-5-4-6-8-16)20-13-17-15-22-9-11-23(17)12-10-22/h4-8,17H,3,9-15H2,1-2H3,(H,19,20). The number of hydrogen-bond donors (Lipinski definition) is 1. The lowest BCUT2D eigenvalue weighted by Gasteiger charge is -2.47. The number of fused-ring (bicyclic) bond motifs is 3. The van der Waals surface area contributed by atoms with Crippen molar-refractivity contribution in [3.05, 3.63) is 35.9 Å². The molecule has 1 aromatic rings. The van der Waals surface area contributed by atoms with Gasteiger partial charge in [0.1, 0.15) is 0 Å². The average molecular weight is 315 g/mol. The SMILES string of the molecule is CCNC(=NCC1CN2CCN1CC2)N(C)Cc1ccccc1. The van der Waals surface area contributed by atoms with Crippen molar-refractivity contribution in [3.63, 3.8) is 0 Å². The fraction of sp³-hybridized carbons (Fsp3) is 0.611. The highest BCUT2D eigenvalue weighted by Gasteiger charge is 2.31. The number of aliphatic imine (C=N–C) groups is 1. The van der Waals surface area contributed by atoms with Crippen LogP contribution >= 0.6 is 0 Å². The number of nitrogens with zero attached hydrogens (tertiary/aromatic N) is 4. The summed E-state index contributed by atoms with van der Waals surface area (Å²) in [7, 11) is 2.12. The summed E-state index contributed by atoms with van der Waals surface area (Å²) < 4.78 is 0. The summed E-state index contributed by atoms with van der Waals surface area (Å²) in [6, 6.07) is 11.2. The van der Waals surface area contributed by atoms with Crippen LogP contribution in [0.2, 0.25) is 0 Å². The predicted molar refractivity (Wildman–Crippen MR) is 95.7 cm³/mol. The van der Waals surface area contributed by atoms with Crippen LogP contribution in [0.3, 0.4) is 0 Å². The van der Waals surface area contributed by atoms with Gasteiger partial charge in [-0.25, -0.2) is 0 Å². The molecule has 4 rings (SSSR count). The highest BCUT2D eigenvalue weighted by atomic mass is 15.4. The van der Waals surface area contributed by atoms with E-state index in [9.17, 15) is 0 Å². The van der Waals surface area contributed by atoms with Crippen molar-refractivity contribution >= 4 is 5.96 Å². The molecule has 0 saturated carbocycles. The van der Waals surface area contributed by atoms with Crippen molar-refractivity contribution in [2.75, 3.05) is 52.9 Å². The van der Waals surface area contributed by atoms with Gasteiger partial charge in [-0.15, -0.1) is 0 Å². The quantitative estimate of drug-likeness (QED) is 0.651. The van der Waals surface area contributed by atoms with Crippen molar-refractivity contribution < 1.29 is 0 Å². The molecule has 126 valence electrons. The molecule has 0 radical (unpaired) electrons. The van der Waals surface area contributed by atoms with Crippen LogP contribution in [0.15, 0.2) is 35.3 Å². The third-order valence-electron chi connectivity index (χ3n) is 4.80. The minimum Gasteiger partial charge on any atom is -0.357 e. The average Bonchev–Trinajstić information content (AvgIpc) is 2.60. The molecule has 3 saturated heterocycles. The van der Waals surface area contributed by atoms with E-state index in [1.54, 1.807) is 0 Å². The third-order valence-corrected chi connectivity index (χ3v) is 4.80. The van der Waals surface area contributed by atoms with Gasteiger partial charge in [0.25, 0.3) is 0 Å². The monoisotopic (exact) mass is 315 g/mol. The molecule has 1 aromatic carbocycles. The van der Waals surface area contributed by atoms with Crippen LogP contribution in [0.5, 0.6) is 0 Å². The molecule has 3 aliphatic heterocycles. The number of nitrogens with one attached hydrogen (secondary N) is 1. The molecule has 5 nitrogen and oxygen atoms in total. The summed E-state index contributed by atoms with van der Waals surface area (Å²) in [6.07, 6.45) is 0. The van der Waals surface area contributed by atoms with Crippen molar-refractivity contribution in [2.45, 2.75) is 19.5 Å². The molecule has 3 aliphatic rings. The van der Waals surface area contributed by atoms with E-state index in [-0.39, 0.29) is 0 Å². The molecule has 1 atom stereocenters. The Labute approximate surface area is 140 Å². The largest absolute Gasteiger partial charge is 0.357 e. The first-order valence-corrected chi connectivity index (χ1v) is 8.76. The molecule has 3 fully saturated rings. The van der Waals surface area contributed by atoms with Gasteiger partial charge < -0.3 is 10.2 Å². The van der Waals surface area contributed by atoms with Gasteiger partial charge in [0.05, 0.1) is 6.54 Å². The molecular weight excluding hydrogens is 286 g/mol. The second kappa shape index (κ2) is 7.79. The maximum Gasteiger partial charge on any atom is 0.194 e. The molecular formula is C18H29N5. The minimum atomic E-state index is 0.580. The smallest absolute Gasteiger partial charge is 0.194 e. The summed E-state index contributed by atoms with van der Waals surface area (Å²) in [5.41, 5.74) is 1.31. The van der Waals surface area contributed by atoms with Crippen molar-refractivity contribution in [1.29, 1.82) is 0 Å². The molecule has 1 N–H and O–H groups in total. The molecule has 1 unspecified atom stereocenters. The van der Waals surface area contributed by atoms with Crippen molar-refractivity contribution in [1.82, 2.24) is 20.0 Å². The van der Waals surface area contributed by atoms with E-state index in [1.807, 2.05) is 0 Å². The molecule has 0 spiro atoms. The fourth-order valence-electron chi connectivity index (χ4n) is 3.49. The molecule has 0 amide bonds. The number of hydrogen-bond acceptors (Lipinski definition) is 3. The number of piperazine rings is 3. The molecule has 2 bridgehead atoms. The first kappa shape index (κ1) is 16.3. The Morgan fingerprint density at radius 1 is 1.22 bits per heavy atom. The summed E-state index contributed by atoms with van der Waals surface area (Å²) in [5.74, 6) is 1.01. The number of rotatable bonds is 5. The van der Waals surface area contributed by atoms with Gasteiger partial charge in [0.15, 0.2) is 5.96 Å². The summed E-state index contributed by atoms with van der Waals surface area (Å²) >= 11 is 0. The van der Waals surface area contributed by atoms with E-state index in [2.05, 4.69) is 64.3 Å². The maximum absolute atomic E-state index is 4.92. The fourth-order valence-corrected chi connectivity index (χ4v) is 3.49. The highest BCUT2D eigenvalue weighted by molar-refractivity contribution is 5.79. The first-order chi connectivity index (χ1) is 11.3. The topological polar surface area (TPSA) is 34.1 Å². The molecule has 3 heterocycles. The molecule has 0 aliphatic carbocycles. The van der Waals surface area contributed by atoms with E-state index in [1.165, 1.54) is 38.3 Å². The summed E-state index contributed by atoms with van der Waals surface area (Å²) in [5, 5.41) is 3.43. The van der Waals surface area contributed by atoms with Gasteiger partial charge in [-0.05, 0) is 12.5 Å². The zero-order valence-corrected chi connectivity index (χ0v) is 14.4. The molecule has 23 heavy (non-hydrogen) atoms. The van der Waals surface area contributed by atoms with Crippen LogP contribution in [-0.2, 0) is 6.54 Å². The Kier molecular flexibility index (Phi) is 5.51. The van der Waals surface area contributed by atoms with Crippen molar-refractivity contribution in [2.24, 2.45) is 4.99 Å². The third kappa shape index (κ3) is 4.24. The zero-order chi connectivity index (χ0) is 16.1. The highest BCUT2D eigenvalue weighted by Crippen LogP contribution is 2.15. The van der Waals surface area contributed by atoms with Gasteiger partial charge in [-0.2, -0.15) is 0 Å². The summed E-state index contributed by atoms with van der Waals surface area (Å²) in [6.45, 7) is 10.8. The van der Waals surface area contributed by atoms with Gasteiger partial charge in [0.2, 0.25) is 0 Å². The zero-order valence-electron chi connectivity index (χ0n) is 14.4. The maximum atomic E-state index is 4.92. The Bertz CT molecular complexity index is 507. The lowest BCUT2D eigenvalue weighted by atomic mass is 10.1. The van der Waals surface area contributed by atoms with Crippen LogP contribution in [0.4, 0.5) is 0 Å².